The minimum atomic E-state index is -3.88. The Morgan fingerprint density at radius 1 is 1.32 bits per heavy atom. The van der Waals surface area contributed by atoms with E-state index in [1.54, 1.807) is 7.11 Å². The van der Waals surface area contributed by atoms with Crippen molar-refractivity contribution in [3.8, 4) is 5.75 Å². The van der Waals surface area contributed by atoms with E-state index in [2.05, 4.69) is 4.72 Å². The first kappa shape index (κ1) is 19.7. The molecule has 2 N–H and O–H groups in total. The highest BCUT2D eigenvalue weighted by Crippen LogP contribution is 2.47. The Bertz CT molecular complexity index is 758. The highest BCUT2D eigenvalue weighted by molar-refractivity contribution is 7.89. The van der Waals surface area contributed by atoms with E-state index in [9.17, 15) is 13.2 Å². The van der Waals surface area contributed by atoms with Gasteiger partial charge in [0.2, 0.25) is 10.0 Å². The summed E-state index contributed by atoms with van der Waals surface area (Å²) in [6, 6.07) is 4.02. The molecule has 0 radical (unpaired) electrons. The summed E-state index contributed by atoms with van der Waals surface area (Å²) >= 11 is 0. The molecule has 0 aromatic heterocycles. The standard InChI is InChI=1S/C17H25NO6S/c1-10-15(17(2,3)16(10)24-5)18-25(21,22)13-7-6-12(23-4)8-11(13)9-14(19)20/h6-8,10,15-16,18H,9H2,1-5H3,(H,19,20). The molecule has 7 nitrogen and oxygen atoms in total. The second-order valence-corrected chi connectivity index (χ2v) is 8.66. The summed E-state index contributed by atoms with van der Waals surface area (Å²) in [7, 11) is -0.828. The number of sulfonamides is 1. The molecule has 140 valence electrons. The summed E-state index contributed by atoms with van der Waals surface area (Å²) in [6.45, 7) is 5.82. The highest BCUT2D eigenvalue weighted by Gasteiger charge is 2.56. The molecule has 0 aliphatic heterocycles. The molecule has 0 saturated heterocycles. The lowest BCUT2D eigenvalue weighted by molar-refractivity contribution is -0.138. The predicted octanol–water partition coefficient (Wildman–Crippen LogP) is 1.66. The Kier molecular flexibility index (Phi) is 5.46. The molecule has 1 aromatic carbocycles. The fourth-order valence-corrected chi connectivity index (χ4v) is 5.55. The first-order valence-electron chi connectivity index (χ1n) is 7.98. The number of carboxylic acids is 1. The molecule has 3 atom stereocenters. The number of carboxylic acid groups (broad SMARTS) is 1. The zero-order valence-electron chi connectivity index (χ0n) is 15.1. The largest absolute Gasteiger partial charge is 0.497 e. The Balaban J connectivity index is 2.35. The minimum absolute atomic E-state index is 0.0101. The van der Waals surface area contributed by atoms with E-state index in [0.717, 1.165) is 0 Å². The lowest BCUT2D eigenvalue weighted by Crippen LogP contribution is -2.67. The number of nitrogens with one attached hydrogen (secondary N) is 1. The lowest BCUT2D eigenvalue weighted by Gasteiger charge is -2.56. The number of aliphatic carboxylic acids is 1. The van der Waals surface area contributed by atoms with Gasteiger partial charge in [-0.05, 0) is 29.7 Å². The molecule has 0 spiro atoms. The second-order valence-electron chi connectivity index (χ2n) is 6.98. The molecule has 1 aromatic rings. The molecule has 8 heteroatoms. The first-order chi connectivity index (χ1) is 11.5. The van der Waals surface area contributed by atoms with Gasteiger partial charge in [0.05, 0.1) is 24.5 Å². The molecular weight excluding hydrogens is 346 g/mol. The van der Waals surface area contributed by atoms with Crippen molar-refractivity contribution in [1.82, 2.24) is 4.72 Å². The smallest absolute Gasteiger partial charge is 0.307 e. The maximum absolute atomic E-state index is 12.9. The number of hydrogen-bond donors (Lipinski definition) is 2. The van der Waals surface area contributed by atoms with E-state index in [0.29, 0.717) is 5.75 Å². The van der Waals surface area contributed by atoms with Crippen LogP contribution in [0.4, 0.5) is 0 Å². The van der Waals surface area contributed by atoms with Crippen LogP contribution in [0.3, 0.4) is 0 Å². The van der Waals surface area contributed by atoms with Crippen molar-refractivity contribution in [3.05, 3.63) is 23.8 Å². The summed E-state index contributed by atoms with van der Waals surface area (Å²) in [5.41, 5.74) is -0.173. The van der Waals surface area contributed by atoms with Gasteiger partial charge in [0.1, 0.15) is 5.75 Å². The van der Waals surface area contributed by atoms with Crippen molar-refractivity contribution in [1.29, 1.82) is 0 Å². The summed E-state index contributed by atoms with van der Waals surface area (Å²) in [5.74, 6) is -0.690. The van der Waals surface area contributed by atoms with Crippen LogP contribution in [0.15, 0.2) is 23.1 Å². The normalized spacial score (nSPS) is 25.2. The Morgan fingerprint density at radius 2 is 1.96 bits per heavy atom. The maximum atomic E-state index is 12.9. The predicted molar refractivity (Wildman–Crippen MR) is 92.2 cm³/mol. The van der Waals surface area contributed by atoms with Gasteiger partial charge in [0.15, 0.2) is 0 Å². The van der Waals surface area contributed by atoms with E-state index < -0.39 is 22.4 Å². The SMILES string of the molecule is COc1ccc(S(=O)(=O)NC2C(C)C(OC)C2(C)C)c(CC(=O)O)c1. The van der Waals surface area contributed by atoms with Crippen LogP contribution < -0.4 is 9.46 Å². The van der Waals surface area contributed by atoms with Crippen LogP contribution in [0, 0.1) is 11.3 Å². The fourth-order valence-electron chi connectivity index (χ4n) is 3.84. The van der Waals surface area contributed by atoms with Gasteiger partial charge in [0.25, 0.3) is 0 Å². The highest BCUT2D eigenvalue weighted by atomic mass is 32.2. The van der Waals surface area contributed by atoms with Crippen molar-refractivity contribution >= 4 is 16.0 Å². The van der Waals surface area contributed by atoms with E-state index in [1.807, 2.05) is 20.8 Å². The number of benzene rings is 1. The van der Waals surface area contributed by atoms with Gasteiger partial charge >= 0.3 is 5.97 Å². The van der Waals surface area contributed by atoms with Crippen molar-refractivity contribution in [3.63, 3.8) is 0 Å². The second kappa shape index (κ2) is 6.93. The molecule has 0 amide bonds. The van der Waals surface area contributed by atoms with Crippen molar-refractivity contribution in [2.24, 2.45) is 11.3 Å². The molecule has 25 heavy (non-hydrogen) atoms. The van der Waals surface area contributed by atoms with E-state index in [4.69, 9.17) is 14.6 Å². The number of methoxy groups -OCH3 is 2. The minimum Gasteiger partial charge on any atom is -0.497 e. The van der Waals surface area contributed by atoms with Crippen LogP contribution in [0.2, 0.25) is 0 Å². The molecule has 1 fully saturated rings. The number of rotatable bonds is 7. The third kappa shape index (κ3) is 3.65. The average molecular weight is 371 g/mol. The molecule has 0 heterocycles. The van der Waals surface area contributed by atoms with Crippen LogP contribution in [0.5, 0.6) is 5.75 Å². The Labute approximate surface area is 148 Å². The molecule has 1 aliphatic carbocycles. The van der Waals surface area contributed by atoms with Crippen LogP contribution >= 0.6 is 0 Å². The summed E-state index contributed by atoms with van der Waals surface area (Å²) in [5, 5.41) is 9.08. The third-order valence-electron chi connectivity index (χ3n) is 4.97. The van der Waals surface area contributed by atoms with Crippen molar-refractivity contribution in [2.45, 2.75) is 44.2 Å². The van der Waals surface area contributed by atoms with Gasteiger partial charge in [0, 0.05) is 18.6 Å². The van der Waals surface area contributed by atoms with E-state index in [1.165, 1.54) is 25.3 Å². The zero-order chi connectivity index (χ0) is 19.0. The third-order valence-corrected chi connectivity index (χ3v) is 6.51. The average Bonchev–Trinajstić information content (AvgIpc) is 2.52. The van der Waals surface area contributed by atoms with Crippen LogP contribution in [0.25, 0.3) is 0 Å². The zero-order valence-corrected chi connectivity index (χ0v) is 15.9. The Hall–Kier alpha value is -1.64. The van der Waals surface area contributed by atoms with Crippen LogP contribution in [-0.2, 0) is 26.0 Å². The van der Waals surface area contributed by atoms with Crippen molar-refractivity contribution < 1.29 is 27.8 Å². The Morgan fingerprint density at radius 3 is 2.44 bits per heavy atom. The number of hydrogen-bond acceptors (Lipinski definition) is 5. The van der Waals surface area contributed by atoms with Gasteiger partial charge in [-0.15, -0.1) is 0 Å². The van der Waals surface area contributed by atoms with Gasteiger partial charge in [-0.2, -0.15) is 0 Å². The summed E-state index contributed by atoms with van der Waals surface area (Å²) in [4.78, 5) is 11.1. The summed E-state index contributed by atoms with van der Waals surface area (Å²) in [6.07, 6.45) is -0.452. The monoisotopic (exact) mass is 371 g/mol. The van der Waals surface area contributed by atoms with Crippen LogP contribution in [0.1, 0.15) is 26.3 Å². The van der Waals surface area contributed by atoms with Gasteiger partial charge in [-0.1, -0.05) is 20.8 Å². The fraction of sp³-hybridized carbons (Fsp3) is 0.588. The molecule has 3 unspecified atom stereocenters. The lowest BCUT2D eigenvalue weighted by atomic mass is 9.58. The van der Waals surface area contributed by atoms with Gasteiger partial charge in [-0.3, -0.25) is 4.79 Å². The molecule has 0 bridgehead atoms. The first-order valence-corrected chi connectivity index (χ1v) is 9.46. The van der Waals surface area contributed by atoms with E-state index in [-0.39, 0.29) is 33.9 Å². The van der Waals surface area contributed by atoms with Crippen LogP contribution in [-0.4, -0.2) is 45.9 Å². The molecule has 1 aliphatic rings. The van der Waals surface area contributed by atoms with E-state index >= 15 is 0 Å². The molecular formula is C17H25NO6S. The maximum Gasteiger partial charge on any atom is 0.307 e. The molecule has 2 rings (SSSR count). The molecule has 1 saturated carbocycles. The summed E-state index contributed by atoms with van der Waals surface area (Å²) < 4.78 is 39.0. The van der Waals surface area contributed by atoms with Crippen molar-refractivity contribution in [2.75, 3.05) is 14.2 Å². The van der Waals surface area contributed by atoms with Gasteiger partial charge in [-0.25, -0.2) is 13.1 Å². The number of ether oxygens (including phenoxy) is 2. The van der Waals surface area contributed by atoms with Gasteiger partial charge < -0.3 is 14.6 Å². The quantitative estimate of drug-likeness (QED) is 0.756. The number of carbonyl (C=O) groups is 1. The topological polar surface area (TPSA) is 102 Å².